The minimum atomic E-state index is -0.314. The zero-order valence-electron chi connectivity index (χ0n) is 27.0. The first-order valence-corrected chi connectivity index (χ1v) is 17.7. The molecule has 2 aliphatic rings. The van der Waals surface area contributed by atoms with Crippen LogP contribution in [-0.4, -0.2) is 109 Å². The Morgan fingerprint density at radius 2 is 1.42 bits per heavy atom. The number of aromatic nitrogens is 2. The number of rotatable bonds is 6. The van der Waals surface area contributed by atoms with Crippen molar-refractivity contribution in [1.29, 1.82) is 0 Å². The largest absolute Gasteiger partial charge is 0.340 e. The van der Waals surface area contributed by atoms with E-state index in [4.69, 9.17) is 39.9 Å². The first kappa shape index (κ1) is 38.1. The number of hydrogen-bond acceptors (Lipinski definition) is 7. The maximum atomic E-state index is 14.6. The summed E-state index contributed by atoms with van der Waals surface area (Å²) in [4.78, 5) is 30.5. The van der Waals surface area contributed by atoms with Crippen LogP contribution in [0, 0.1) is 6.92 Å². The molecule has 0 saturated carbocycles. The first-order chi connectivity index (χ1) is 22.8. The molecule has 262 valence electrons. The molecule has 3 N–H and O–H groups in total. The summed E-state index contributed by atoms with van der Waals surface area (Å²) in [6.07, 6.45) is 4.86. The molecule has 5 rings (SSSR count). The molecule has 0 radical (unpaired) electrons. The summed E-state index contributed by atoms with van der Waals surface area (Å²) in [5, 5.41) is 20.4. The van der Waals surface area contributed by atoms with Gasteiger partial charge in [-0.3, -0.25) is 14.6 Å². The molecule has 3 heterocycles. The smallest absolute Gasteiger partial charge is 0.289 e. The number of hydrogen-bond donors (Lipinski definition) is 3. The zero-order chi connectivity index (χ0) is 33.2. The minimum Gasteiger partial charge on any atom is -0.340 e. The lowest BCUT2D eigenvalue weighted by Gasteiger charge is -2.37. The van der Waals surface area contributed by atoms with E-state index in [9.17, 15) is 9.59 Å². The van der Waals surface area contributed by atoms with Gasteiger partial charge in [0.2, 0.25) is 5.91 Å². The first-order valence-electron chi connectivity index (χ1n) is 16.6. The molecule has 48 heavy (non-hydrogen) atoms. The summed E-state index contributed by atoms with van der Waals surface area (Å²) >= 11 is 19.1. The zero-order valence-corrected chi connectivity index (χ0v) is 29.3. The quantitative estimate of drug-likeness (QED) is 0.302. The van der Waals surface area contributed by atoms with E-state index in [2.05, 4.69) is 16.0 Å². The van der Waals surface area contributed by atoms with Crippen LogP contribution < -0.4 is 16.0 Å². The van der Waals surface area contributed by atoms with Gasteiger partial charge in [-0.2, -0.15) is 5.10 Å². The normalized spacial score (nSPS) is 17.3. The summed E-state index contributed by atoms with van der Waals surface area (Å²) in [5.41, 5.74) is 3.07. The summed E-state index contributed by atoms with van der Waals surface area (Å²) in [6, 6.07) is 12.6. The van der Waals surface area contributed by atoms with Crippen molar-refractivity contribution in [2.75, 3.05) is 72.0 Å². The highest BCUT2D eigenvalue weighted by atomic mass is 35.5. The van der Waals surface area contributed by atoms with Crippen molar-refractivity contribution in [2.45, 2.75) is 46.5 Å². The van der Waals surface area contributed by atoms with E-state index in [-0.39, 0.29) is 31.5 Å². The number of nitrogens with one attached hydrogen (secondary N) is 3. The highest BCUT2D eigenvalue weighted by molar-refractivity contribution is 6.35. The highest BCUT2D eigenvalue weighted by Gasteiger charge is 2.32. The number of carbonyl (C=O) groups is 2. The van der Waals surface area contributed by atoms with E-state index < -0.39 is 0 Å². The number of benzene rings is 2. The molecule has 3 aromatic rings. The van der Waals surface area contributed by atoms with Gasteiger partial charge < -0.3 is 20.9 Å². The number of piperidine rings is 1. The van der Waals surface area contributed by atoms with Gasteiger partial charge in [-0.1, -0.05) is 60.8 Å². The van der Waals surface area contributed by atoms with Crippen molar-refractivity contribution in [3.8, 4) is 16.9 Å². The van der Waals surface area contributed by atoms with E-state index in [1.54, 1.807) is 40.0 Å². The van der Waals surface area contributed by atoms with Crippen LogP contribution in [0.4, 0.5) is 0 Å². The molecular formula is C35H49Cl3N8O2. The van der Waals surface area contributed by atoms with Crippen molar-refractivity contribution in [2.24, 2.45) is 0 Å². The molecule has 0 spiro atoms. The molecule has 13 heteroatoms. The fraction of sp³-hybridized carbons (Fsp3) is 0.514. The SMILES string of the molecule is C.Cc1c(C(=O)N(CC(=O)N2CCCNCCNCCCNCC2)N2CCCCC2)nn(-c2ccc(Cl)cc2Cl)c1-c1ccc(Cl)cc1. The van der Waals surface area contributed by atoms with Gasteiger partial charge in [0.05, 0.1) is 16.4 Å². The van der Waals surface area contributed by atoms with E-state index in [0.29, 0.717) is 64.7 Å². The summed E-state index contributed by atoms with van der Waals surface area (Å²) < 4.78 is 1.69. The fourth-order valence-corrected chi connectivity index (χ4v) is 6.72. The van der Waals surface area contributed by atoms with Crippen LogP contribution in [0.3, 0.4) is 0 Å². The second-order valence-electron chi connectivity index (χ2n) is 12.1. The molecule has 0 unspecified atom stereocenters. The number of amides is 2. The molecule has 2 aromatic carbocycles. The molecule has 2 fully saturated rings. The topological polar surface area (TPSA) is 97.8 Å². The summed E-state index contributed by atoms with van der Waals surface area (Å²) in [6.45, 7) is 9.62. The Morgan fingerprint density at radius 3 is 2.10 bits per heavy atom. The van der Waals surface area contributed by atoms with Gasteiger partial charge in [-0.05, 0) is 82.6 Å². The van der Waals surface area contributed by atoms with Gasteiger partial charge in [0.1, 0.15) is 6.54 Å². The Labute approximate surface area is 300 Å². The standard InChI is InChI=1S/C34H45Cl3N8O2.CH4/c1-25-32(41-45(30-12-11-28(36)23-29(30)37)33(25)26-7-9-27(35)10-8-26)34(47)44(43-20-3-2-4-21-43)24-31(46)42-19-6-15-39-17-16-38-13-5-14-40-18-22-42;/h7-12,23,38-40H,2-6,13-22,24H2,1H3;1H4. The average molecular weight is 720 g/mol. The predicted molar refractivity (Wildman–Crippen MR) is 196 cm³/mol. The molecule has 10 nitrogen and oxygen atoms in total. The van der Waals surface area contributed by atoms with Crippen LogP contribution in [0.25, 0.3) is 16.9 Å². The fourth-order valence-electron chi connectivity index (χ4n) is 6.10. The molecule has 2 saturated heterocycles. The number of hydrazine groups is 1. The van der Waals surface area contributed by atoms with Crippen LogP contribution in [0.1, 0.15) is 55.6 Å². The van der Waals surface area contributed by atoms with Gasteiger partial charge >= 0.3 is 0 Å². The molecular weight excluding hydrogens is 671 g/mol. The van der Waals surface area contributed by atoms with Gasteiger partial charge in [-0.25, -0.2) is 9.69 Å². The molecule has 0 aliphatic carbocycles. The Hall–Kier alpha value is -2.70. The van der Waals surface area contributed by atoms with Crippen molar-refractivity contribution in [3.63, 3.8) is 0 Å². The van der Waals surface area contributed by atoms with Crippen molar-refractivity contribution >= 4 is 46.6 Å². The van der Waals surface area contributed by atoms with Crippen molar-refractivity contribution in [1.82, 2.24) is 40.6 Å². The van der Waals surface area contributed by atoms with Crippen LogP contribution >= 0.6 is 34.8 Å². The highest BCUT2D eigenvalue weighted by Crippen LogP contribution is 2.34. The van der Waals surface area contributed by atoms with E-state index in [0.717, 1.165) is 70.4 Å². The van der Waals surface area contributed by atoms with Gasteiger partial charge in [0.25, 0.3) is 5.91 Å². The maximum absolute atomic E-state index is 14.6. The van der Waals surface area contributed by atoms with Crippen LogP contribution in [0.2, 0.25) is 15.1 Å². The van der Waals surface area contributed by atoms with E-state index in [1.807, 2.05) is 29.0 Å². The molecule has 2 amide bonds. The minimum absolute atomic E-state index is 0. The van der Waals surface area contributed by atoms with Crippen molar-refractivity contribution in [3.05, 3.63) is 68.8 Å². The Balaban J connectivity index is 0.00000520. The van der Waals surface area contributed by atoms with Crippen LogP contribution in [0.15, 0.2) is 42.5 Å². The van der Waals surface area contributed by atoms with Gasteiger partial charge in [0, 0.05) is 67.0 Å². The number of nitrogens with zero attached hydrogens (tertiary/aromatic N) is 5. The number of carbonyl (C=O) groups excluding carboxylic acids is 2. The third kappa shape index (κ3) is 9.94. The lowest BCUT2D eigenvalue weighted by molar-refractivity contribution is -0.136. The summed E-state index contributed by atoms with van der Waals surface area (Å²) in [7, 11) is 0. The van der Waals surface area contributed by atoms with Crippen molar-refractivity contribution < 1.29 is 9.59 Å². The predicted octanol–water partition coefficient (Wildman–Crippen LogP) is 5.68. The molecule has 2 aliphatic heterocycles. The second kappa shape index (κ2) is 18.9. The lowest BCUT2D eigenvalue weighted by Crippen LogP contribution is -2.54. The molecule has 0 atom stereocenters. The van der Waals surface area contributed by atoms with E-state index in [1.165, 1.54) is 0 Å². The number of halogens is 3. The van der Waals surface area contributed by atoms with Gasteiger partial charge in [-0.15, -0.1) is 0 Å². The Morgan fingerprint density at radius 1 is 0.771 bits per heavy atom. The molecule has 0 bridgehead atoms. The van der Waals surface area contributed by atoms with Gasteiger partial charge in [0.15, 0.2) is 5.69 Å². The average Bonchev–Trinajstić information content (AvgIpc) is 3.41. The van der Waals surface area contributed by atoms with Crippen LogP contribution in [0.5, 0.6) is 0 Å². The van der Waals surface area contributed by atoms with Crippen LogP contribution in [-0.2, 0) is 4.79 Å². The third-order valence-electron chi connectivity index (χ3n) is 8.65. The Bertz CT molecular complexity index is 1480. The second-order valence-corrected chi connectivity index (χ2v) is 13.3. The Kier molecular flexibility index (Phi) is 15.0. The maximum Gasteiger partial charge on any atom is 0.289 e. The third-order valence-corrected chi connectivity index (χ3v) is 9.44. The summed E-state index contributed by atoms with van der Waals surface area (Å²) in [5.74, 6) is -0.388. The van der Waals surface area contributed by atoms with E-state index >= 15 is 0 Å². The lowest BCUT2D eigenvalue weighted by atomic mass is 10.1. The monoisotopic (exact) mass is 718 g/mol. The molecule has 1 aromatic heterocycles.